The first-order chi connectivity index (χ1) is 14.9. The summed E-state index contributed by atoms with van der Waals surface area (Å²) in [5.74, 6) is -1.35. The molecule has 1 fully saturated rings. The van der Waals surface area contributed by atoms with E-state index >= 15 is 0 Å². The van der Waals surface area contributed by atoms with Gasteiger partial charge in [-0.1, -0.05) is 48.5 Å². The topological polar surface area (TPSA) is 134 Å². The van der Waals surface area contributed by atoms with Crippen molar-refractivity contribution in [2.24, 2.45) is 11.8 Å². The molecule has 2 heterocycles. The number of aromatic nitrogens is 2. The van der Waals surface area contributed by atoms with Crippen LogP contribution in [-0.2, 0) is 19.8 Å². The molecule has 0 bridgehead atoms. The number of hydrogen-bond donors (Lipinski definition) is 2. The lowest BCUT2D eigenvalue weighted by molar-refractivity contribution is -0.141. The van der Waals surface area contributed by atoms with E-state index in [0.29, 0.717) is 31.7 Å². The van der Waals surface area contributed by atoms with Crippen LogP contribution in [0.5, 0.6) is 0 Å². The molecule has 10 nitrogen and oxygen atoms in total. The van der Waals surface area contributed by atoms with E-state index in [9.17, 15) is 19.2 Å². The van der Waals surface area contributed by atoms with Gasteiger partial charge < -0.3 is 20.0 Å². The number of amides is 3. The molecule has 0 aromatic carbocycles. The van der Waals surface area contributed by atoms with Gasteiger partial charge in [0.05, 0.1) is 6.04 Å². The first-order valence-corrected chi connectivity index (χ1v) is 11.1. The SMILES string of the molecule is CC(C)[C@H](NC(=O)[C@@H]1CCCN1C(=O)[C@@H](NC=O)C(C)C)C(=O)c1nnc(C(C)(C)C)o1. The van der Waals surface area contributed by atoms with Crippen LogP contribution in [-0.4, -0.2) is 63.8 Å². The van der Waals surface area contributed by atoms with Gasteiger partial charge in [-0.15, -0.1) is 10.2 Å². The molecule has 10 heteroatoms. The quantitative estimate of drug-likeness (QED) is 0.430. The van der Waals surface area contributed by atoms with Crippen LogP contribution in [0.15, 0.2) is 4.42 Å². The zero-order valence-electron chi connectivity index (χ0n) is 20.0. The number of nitrogens with one attached hydrogen (secondary N) is 2. The predicted octanol–water partition coefficient (Wildman–Crippen LogP) is 1.45. The van der Waals surface area contributed by atoms with Crippen LogP contribution in [0.4, 0.5) is 0 Å². The highest BCUT2D eigenvalue weighted by Gasteiger charge is 2.40. The van der Waals surface area contributed by atoms with Gasteiger partial charge in [-0.25, -0.2) is 0 Å². The Morgan fingerprint density at radius 1 is 1.09 bits per heavy atom. The van der Waals surface area contributed by atoms with Crippen LogP contribution in [0.3, 0.4) is 0 Å². The maximum atomic E-state index is 13.1. The Labute approximate surface area is 188 Å². The van der Waals surface area contributed by atoms with Gasteiger partial charge >= 0.3 is 0 Å². The van der Waals surface area contributed by atoms with Crippen LogP contribution in [0, 0.1) is 11.8 Å². The maximum absolute atomic E-state index is 13.1. The molecular formula is C22H35N5O5. The Morgan fingerprint density at radius 3 is 2.22 bits per heavy atom. The van der Waals surface area contributed by atoms with Gasteiger partial charge in [-0.05, 0) is 24.7 Å². The van der Waals surface area contributed by atoms with Crippen molar-refractivity contribution in [3.05, 3.63) is 11.8 Å². The Bertz CT molecular complexity index is 842. The molecule has 3 atom stereocenters. The lowest BCUT2D eigenvalue weighted by Crippen LogP contribution is -2.56. The summed E-state index contributed by atoms with van der Waals surface area (Å²) >= 11 is 0. The van der Waals surface area contributed by atoms with Gasteiger partial charge in [0.15, 0.2) is 0 Å². The lowest BCUT2D eigenvalue weighted by atomic mass is 9.97. The van der Waals surface area contributed by atoms with Crippen LogP contribution >= 0.6 is 0 Å². The zero-order chi connectivity index (χ0) is 24.2. The molecule has 1 aliphatic rings. The minimum Gasteiger partial charge on any atom is -0.418 e. The number of carbonyl (C=O) groups is 4. The summed E-state index contributed by atoms with van der Waals surface area (Å²) < 4.78 is 5.56. The molecule has 178 valence electrons. The molecule has 0 radical (unpaired) electrons. The van der Waals surface area contributed by atoms with E-state index < -0.39 is 35.2 Å². The maximum Gasteiger partial charge on any atom is 0.286 e. The average molecular weight is 450 g/mol. The van der Waals surface area contributed by atoms with Crippen molar-refractivity contribution in [2.45, 2.75) is 84.8 Å². The summed E-state index contributed by atoms with van der Waals surface area (Å²) in [6, 6.07) is -2.29. The largest absolute Gasteiger partial charge is 0.418 e. The summed E-state index contributed by atoms with van der Waals surface area (Å²) in [5, 5.41) is 13.2. The molecule has 1 aromatic heterocycles. The molecule has 2 rings (SSSR count). The van der Waals surface area contributed by atoms with Gasteiger partial charge in [-0.3, -0.25) is 19.2 Å². The zero-order valence-corrected chi connectivity index (χ0v) is 20.0. The lowest BCUT2D eigenvalue weighted by Gasteiger charge is -2.31. The smallest absolute Gasteiger partial charge is 0.286 e. The van der Waals surface area contributed by atoms with Gasteiger partial charge in [-0.2, -0.15) is 0 Å². The van der Waals surface area contributed by atoms with Crippen LogP contribution in [0.2, 0.25) is 0 Å². The Kier molecular flexibility index (Phi) is 8.14. The van der Waals surface area contributed by atoms with Gasteiger partial charge in [0, 0.05) is 12.0 Å². The fourth-order valence-electron chi connectivity index (χ4n) is 3.65. The second kappa shape index (κ2) is 10.2. The van der Waals surface area contributed by atoms with E-state index in [1.54, 1.807) is 0 Å². The molecule has 0 spiro atoms. The number of likely N-dealkylation sites (tertiary alicyclic amines) is 1. The molecule has 3 amide bonds. The van der Waals surface area contributed by atoms with Crippen LogP contribution in [0.25, 0.3) is 0 Å². The van der Waals surface area contributed by atoms with Crippen molar-refractivity contribution in [3.8, 4) is 0 Å². The molecule has 0 unspecified atom stereocenters. The third-order valence-electron chi connectivity index (χ3n) is 5.54. The molecule has 1 aromatic rings. The second-order valence-electron chi connectivity index (χ2n) is 9.95. The highest BCUT2D eigenvalue weighted by atomic mass is 16.4. The third-order valence-corrected chi connectivity index (χ3v) is 5.54. The van der Waals surface area contributed by atoms with Gasteiger partial charge in [0.1, 0.15) is 12.1 Å². The van der Waals surface area contributed by atoms with E-state index in [-0.39, 0.29) is 23.6 Å². The fourth-order valence-corrected chi connectivity index (χ4v) is 3.65. The molecule has 0 aliphatic carbocycles. The minimum atomic E-state index is -0.873. The molecule has 32 heavy (non-hydrogen) atoms. The number of ketones is 1. The second-order valence-corrected chi connectivity index (χ2v) is 9.95. The number of nitrogens with zero attached hydrogens (tertiary/aromatic N) is 3. The van der Waals surface area contributed by atoms with E-state index in [2.05, 4.69) is 20.8 Å². The first kappa shape index (κ1) is 25.5. The van der Waals surface area contributed by atoms with Gasteiger partial charge in [0.2, 0.25) is 29.9 Å². The summed E-state index contributed by atoms with van der Waals surface area (Å²) in [6.07, 6.45) is 1.64. The molecule has 2 N–H and O–H groups in total. The molecule has 1 aliphatic heterocycles. The van der Waals surface area contributed by atoms with Crippen molar-refractivity contribution in [1.82, 2.24) is 25.7 Å². The van der Waals surface area contributed by atoms with Gasteiger partial charge in [0.25, 0.3) is 5.89 Å². The van der Waals surface area contributed by atoms with Crippen molar-refractivity contribution >= 4 is 24.0 Å². The predicted molar refractivity (Wildman–Crippen MR) is 117 cm³/mol. The normalized spacial score (nSPS) is 18.5. The Balaban J connectivity index is 2.18. The summed E-state index contributed by atoms with van der Waals surface area (Å²) in [6.45, 7) is 13.4. The van der Waals surface area contributed by atoms with Crippen LogP contribution < -0.4 is 10.6 Å². The number of carbonyl (C=O) groups excluding carboxylic acids is 4. The molecule has 0 saturated carbocycles. The van der Waals surface area contributed by atoms with Crippen molar-refractivity contribution in [3.63, 3.8) is 0 Å². The fraction of sp³-hybridized carbons (Fsp3) is 0.727. The van der Waals surface area contributed by atoms with E-state index in [1.165, 1.54) is 4.90 Å². The monoisotopic (exact) mass is 449 g/mol. The Hall–Kier alpha value is -2.78. The number of Topliss-reactive ketones (excluding diaryl/α,β-unsaturated/α-hetero) is 1. The highest BCUT2D eigenvalue weighted by Crippen LogP contribution is 2.23. The Morgan fingerprint density at radius 2 is 1.72 bits per heavy atom. The average Bonchev–Trinajstić information content (AvgIpc) is 3.38. The van der Waals surface area contributed by atoms with E-state index in [4.69, 9.17) is 4.42 Å². The molecule has 1 saturated heterocycles. The summed E-state index contributed by atoms with van der Waals surface area (Å²) in [4.78, 5) is 51.6. The standard InChI is InChI=1S/C22H35N5O5/c1-12(2)15(17(29)19-25-26-21(32-19)22(5,6)7)24-18(30)14-9-8-10-27(14)20(31)16(13(3)4)23-11-28/h11-16H,8-10H2,1-7H3,(H,23,28)(H,24,30)/t14-,15-,16-/m0/s1. The van der Waals surface area contributed by atoms with E-state index in [0.717, 1.165) is 0 Å². The summed E-state index contributed by atoms with van der Waals surface area (Å²) in [7, 11) is 0. The highest BCUT2D eigenvalue weighted by molar-refractivity contribution is 6.00. The van der Waals surface area contributed by atoms with Crippen LogP contribution in [0.1, 0.15) is 77.9 Å². The molecular weight excluding hydrogens is 414 g/mol. The first-order valence-electron chi connectivity index (χ1n) is 11.1. The van der Waals surface area contributed by atoms with Crippen molar-refractivity contribution < 1.29 is 23.6 Å². The van der Waals surface area contributed by atoms with E-state index in [1.807, 2.05) is 48.5 Å². The minimum absolute atomic E-state index is 0.128. The number of rotatable bonds is 9. The third kappa shape index (κ3) is 5.72. The summed E-state index contributed by atoms with van der Waals surface area (Å²) in [5.41, 5.74) is -0.407. The number of hydrogen-bond acceptors (Lipinski definition) is 7. The van der Waals surface area contributed by atoms with Crippen molar-refractivity contribution in [1.29, 1.82) is 0 Å². The van der Waals surface area contributed by atoms with Crippen molar-refractivity contribution in [2.75, 3.05) is 6.54 Å².